The van der Waals surface area contributed by atoms with E-state index >= 15 is 0 Å². The van der Waals surface area contributed by atoms with E-state index in [2.05, 4.69) is 41.6 Å². The lowest BCUT2D eigenvalue weighted by Crippen LogP contribution is -2.47. The number of carbonyl (C=O) groups excluding carboxylic acids is 3. The third kappa shape index (κ3) is 5.29. The molecule has 1 spiro atoms. The van der Waals surface area contributed by atoms with Crippen molar-refractivity contribution in [2.24, 2.45) is 10.8 Å². The summed E-state index contributed by atoms with van der Waals surface area (Å²) in [7, 11) is 0. The quantitative estimate of drug-likeness (QED) is 0.505. The number of carbonyl (C=O) groups is 3. The Hall–Kier alpha value is -3.33. The number of hydrogen-bond acceptors (Lipinski definition) is 5. The summed E-state index contributed by atoms with van der Waals surface area (Å²) in [6, 6.07) is 1.90. The number of dihydropyridines is 1. The van der Waals surface area contributed by atoms with Crippen LogP contribution in [0.1, 0.15) is 57.6 Å². The normalized spacial score (nSPS) is 18.4. The van der Waals surface area contributed by atoms with Crippen LogP contribution < -0.4 is 10.6 Å². The molecule has 0 atom stereocenters. The number of allylic oxidation sites excluding steroid dienone is 1. The highest BCUT2D eigenvalue weighted by molar-refractivity contribution is 6.35. The van der Waals surface area contributed by atoms with E-state index in [1.807, 2.05) is 30.0 Å². The average molecular weight is 553 g/mol. The summed E-state index contributed by atoms with van der Waals surface area (Å²) in [5, 5.41) is 14.8. The van der Waals surface area contributed by atoms with Gasteiger partial charge in [0.05, 0.1) is 22.2 Å². The minimum Gasteiger partial charge on any atom is -0.368 e. The molecule has 3 aliphatic rings. The van der Waals surface area contributed by atoms with Gasteiger partial charge in [0.2, 0.25) is 17.7 Å². The van der Waals surface area contributed by atoms with Crippen LogP contribution in [0.3, 0.4) is 0 Å². The van der Waals surface area contributed by atoms with Gasteiger partial charge in [-0.25, -0.2) is 0 Å². The fraction of sp³-hybridized carbons (Fsp3) is 0.517. The van der Waals surface area contributed by atoms with Crippen molar-refractivity contribution >= 4 is 40.2 Å². The molecule has 39 heavy (non-hydrogen) atoms. The first-order chi connectivity index (χ1) is 18.5. The van der Waals surface area contributed by atoms with Gasteiger partial charge in [-0.05, 0) is 42.4 Å². The summed E-state index contributed by atoms with van der Waals surface area (Å²) >= 11 is 6.40. The number of rotatable bonds is 6. The fourth-order valence-corrected chi connectivity index (χ4v) is 6.32. The van der Waals surface area contributed by atoms with E-state index in [1.54, 1.807) is 11.1 Å². The number of aryl methyl sites for hydroxylation is 1. The SMILES string of the molecule is Cc1cc(Cl)c2[nH]ncc2c1CN(CC(C)(C)C)C(=O)CCC(=O)N1CCC2(CC1)C(=O)NC1=C2C=CCN1. The van der Waals surface area contributed by atoms with Crippen LogP contribution in [0.4, 0.5) is 0 Å². The largest absolute Gasteiger partial charge is 0.368 e. The lowest BCUT2D eigenvalue weighted by Gasteiger charge is -2.39. The summed E-state index contributed by atoms with van der Waals surface area (Å²) in [4.78, 5) is 43.2. The molecule has 1 aromatic carbocycles. The number of nitrogens with zero attached hydrogens (tertiary/aromatic N) is 3. The van der Waals surface area contributed by atoms with Gasteiger partial charge in [-0.15, -0.1) is 0 Å². The molecule has 0 bridgehead atoms. The molecular weight excluding hydrogens is 516 g/mol. The molecule has 0 radical (unpaired) electrons. The summed E-state index contributed by atoms with van der Waals surface area (Å²) in [5.74, 6) is 0.714. The van der Waals surface area contributed by atoms with Gasteiger partial charge < -0.3 is 20.4 Å². The van der Waals surface area contributed by atoms with Crippen LogP contribution in [0.15, 0.2) is 35.8 Å². The van der Waals surface area contributed by atoms with Gasteiger partial charge >= 0.3 is 0 Å². The van der Waals surface area contributed by atoms with Gasteiger partial charge in [-0.3, -0.25) is 19.5 Å². The van der Waals surface area contributed by atoms with Gasteiger partial charge in [0.1, 0.15) is 5.82 Å². The van der Waals surface area contributed by atoms with Gasteiger partial charge in [-0.2, -0.15) is 5.10 Å². The van der Waals surface area contributed by atoms with Crippen LogP contribution in [0.2, 0.25) is 5.02 Å². The smallest absolute Gasteiger partial charge is 0.236 e. The Kier molecular flexibility index (Phi) is 7.22. The molecule has 1 saturated heterocycles. The van der Waals surface area contributed by atoms with Crippen molar-refractivity contribution in [3.05, 3.63) is 52.0 Å². The minimum atomic E-state index is -0.579. The third-order valence-corrected chi connectivity index (χ3v) is 8.35. The molecule has 208 valence electrons. The van der Waals surface area contributed by atoms with Crippen molar-refractivity contribution in [3.63, 3.8) is 0 Å². The van der Waals surface area contributed by atoms with Crippen molar-refractivity contribution in [2.45, 2.75) is 59.9 Å². The molecular formula is C29H37ClN6O3. The summed E-state index contributed by atoms with van der Waals surface area (Å²) in [6.07, 6.45) is 7.25. The van der Waals surface area contributed by atoms with Crippen LogP contribution in [0, 0.1) is 17.8 Å². The van der Waals surface area contributed by atoms with Crippen molar-refractivity contribution in [3.8, 4) is 0 Å². The second kappa shape index (κ2) is 10.3. The maximum absolute atomic E-state index is 13.5. The maximum Gasteiger partial charge on any atom is 0.236 e. The number of hydrogen-bond donors (Lipinski definition) is 3. The lowest BCUT2D eigenvalue weighted by molar-refractivity contribution is -0.140. The molecule has 1 aromatic heterocycles. The number of fused-ring (bicyclic) bond motifs is 2. The Bertz CT molecular complexity index is 1380. The number of halogens is 1. The summed E-state index contributed by atoms with van der Waals surface area (Å²) in [5.41, 5.74) is 3.07. The third-order valence-electron chi connectivity index (χ3n) is 8.05. The first-order valence-corrected chi connectivity index (χ1v) is 14.0. The highest BCUT2D eigenvalue weighted by Crippen LogP contribution is 2.44. The zero-order valence-electron chi connectivity index (χ0n) is 23.1. The number of aromatic nitrogens is 2. The monoisotopic (exact) mass is 552 g/mol. The first-order valence-electron chi connectivity index (χ1n) is 13.6. The Morgan fingerprint density at radius 1 is 1.21 bits per heavy atom. The maximum atomic E-state index is 13.5. The number of amides is 3. The van der Waals surface area contributed by atoms with Crippen molar-refractivity contribution in [1.29, 1.82) is 0 Å². The van der Waals surface area contributed by atoms with Gasteiger partial charge in [-0.1, -0.05) is 44.5 Å². The van der Waals surface area contributed by atoms with E-state index < -0.39 is 5.41 Å². The van der Waals surface area contributed by atoms with Crippen molar-refractivity contribution in [2.75, 3.05) is 26.2 Å². The second-order valence-electron chi connectivity index (χ2n) is 12.1. The number of likely N-dealkylation sites (tertiary alicyclic amines) is 1. The molecule has 5 rings (SSSR count). The van der Waals surface area contributed by atoms with E-state index in [4.69, 9.17) is 11.6 Å². The highest BCUT2D eigenvalue weighted by atomic mass is 35.5. The van der Waals surface area contributed by atoms with E-state index in [-0.39, 0.29) is 36.0 Å². The van der Waals surface area contributed by atoms with E-state index in [1.165, 1.54) is 0 Å². The number of nitrogens with one attached hydrogen (secondary N) is 3. The van der Waals surface area contributed by atoms with Crippen LogP contribution in [0.25, 0.3) is 10.9 Å². The molecule has 0 aliphatic carbocycles. The van der Waals surface area contributed by atoms with Crippen LogP contribution in [-0.4, -0.2) is 63.9 Å². The molecule has 1 fully saturated rings. The molecule has 3 amide bonds. The average Bonchev–Trinajstić information content (AvgIpc) is 3.48. The standard InChI is InChI=1S/C29H37ClN6O3/c1-18-14-22(30)25-19(15-32-34-25)20(18)16-36(17-28(2,3)4)24(38)8-7-23(37)35-12-9-29(10-13-35)21-6-5-11-31-26(21)33-27(29)39/h5-6,14-15,31H,7-13,16-17H2,1-4H3,(H,32,34)(H,33,39). The second-order valence-corrected chi connectivity index (χ2v) is 12.5. The molecule has 2 aromatic rings. The molecule has 4 heterocycles. The lowest BCUT2D eigenvalue weighted by atomic mass is 9.72. The molecule has 3 N–H and O–H groups in total. The predicted molar refractivity (Wildman–Crippen MR) is 151 cm³/mol. The Balaban J connectivity index is 1.23. The molecule has 10 heteroatoms. The van der Waals surface area contributed by atoms with Crippen LogP contribution in [0.5, 0.6) is 0 Å². The van der Waals surface area contributed by atoms with Gasteiger partial charge in [0.15, 0.2) is 0 Å². The van der Waals surface area contributed by atoms with E-state index in [0.717, 1.165) is 33.4 Å². The molecule has 9 nitrogen and oxygen atoms in total. The predicted octanol–water partition coefficient (Wildman–Crippen LogP) is 3.79. The summed E-state index contributed by atoms with van der Waals surface area (Å²) < 4.78 is 0. The molecule has 0 unspecified atom stereocenters. The van der Waals surface area contributed by atoms with Gasteiger partial charge in [0.25, 0.3) is 0 Å². The fourth-order valence-electron chi connectivity index (χ4n) is 6.01. The topological polar surface area (TPSA) is 110 Å². The zero-order valence-corrected chi connectivity index (χ0v) is 23.9. The number of H-pyrrole nitrogens is 1. The van der Waals surface area contributed by atoms with Crippen molar-refractivity contribution in [1.82, 2.24) is 30.6 Å². The highest BCUT2D eigenvalue weighted by Gasteiger charge is 2.50. The summed E-state index contributed by atoms with van der Waals surface area (Å²) in [6.45, 7) is 11.0. The first kappa shape index (κ1) is 27.2. The number of piperidine rings is 1. The van der Waals surface area contributed by atoms with Crippen LogP contribution in [-0.2, 0) is 20.9 Å². The molecule has 3 aliphatic heterocycles. The van der Waals surface area contributed by atoms with Crippen molar-refractivity contribution < 1.29 is 14.4 Å². The van der Waals surface area contributed by atoms with Crippen LogP contribution >= 0.6 is 11.6 Å². The number of aromatic amines is 1. The zero-order chi connectivity index (χ0) is 27.9. The van der Waals surface area contributed by atoms with E-state index in [9.17, 15) is 14.4 Å². The van der Waals surface area contributed by atoms with Gasteiger partial charge in [0, 0.05) is 56.5 Å². The Morgan fingerprint density at radius 3 is 2.67 bits per heavy atom. The minimum absolute atomic E-state index is 0.0101. The Labute approximate surface area is 234 Å². The number of benzene rings is 1. The van der Waals surface area contributed by atoms with E-state index in [0.29, 0.717) is 50.6 Å². The Morgan fingerprint density at radius 2 is 1.95 bits per heavy atom. The molecule has 0 saturated carbocycles.